The van der Waals surface area contributed by atoms with Crippen molar-refractivity contribution in [2.75, 3.05) is 6.54 Å². The molecule has 0 radical (unpaired) electrons. The van der Waals surface area contributed by atoms with Gasteiger partial charge < -0.3 is 5.32 Å². The molecular formula is C16H26N2O2S. The van der Waals surface area contributed by atoms with Crippen molar-refractivity contribution >= 4 is 10.0 Å². The third-order valence-electron chi connectivity index (χ3n) is 3.34. The van der Waals surface area contributed by atoms with Crippen LogP contribution in [0.25, 0.3) is 0 Å². The first kappa shape index (κ1) is 16.5. The standard InChI is InChI=1S/C16H26N2O2S/c1-16(2,3)12-18-21(19,20)11-14-6-4-5-13(9-14)10-17-15-7-8-15/h4-6,9,15,17-18H,7-8,10-12H2,1-3H3. The maximum atomic E-state index is 12.1. The predicted octanol–water partition coefficient (Wildman–Crippen LogP) is 2.40. The lowest BCUT2D eigenvalue weighted by Crippen LogP contribution is -2.33. The SMILES string of the molecule is CC(C)(C)CNS(=O)(=O)Cc1cccc(CNC2CC2)c1. The van der Waals surface area contributed by atoms with Gasteiger partial charge in [0, 0.05) is 19.1 Å². The predicted molar refractivity (Wildman–Crippen MR) is 86.4 cm³/mol. The zero-order valence-electron chi connectivity index (χ0n) is 13.1. The number of hydrogen-bond acceptors (Lipinski definition) is 3. The first-order valence-electron chi connectivity index (χ1n) is 7.52. The van der Waals surface area contributed by atoms with Crippen LogP contribution >= 0.6 is 0 Å². The van der Waals surface area contributed by atoms with Crippen LogP contribution in [0.5, 0.6) is 0 Å². The highest BCUT2D eigenvalue weighted by molar-refractivity contribution is 7.88. The van der Waals surface area contributed by atoms with Crippen molar-refractivity contribution < 1.29 is 8.42 Å². The molecule has 0 aromatic heterocycles. The van der Waals surface area contributed by atoms with Gasteiger partial charge in [-0.05, 0) is 29.4 Å². The van der Waals surface area contributed by atoms with Gasteiger partial charge in [-0.2, -0.15) is 0 Å². The van der Waals surface area contributed by atoms with Crippen LogP contribution in [0.2, 0.25) is 0 Å². The van der Waals surface area contributed by atoms with E-state index in [9.17, 15) is 8.42 Å². The van der Waals surface area contributed by atoms with Crippen molar-refractivity contribution in [3.05, 3.63) is 35.4 Å². The second-order valence-corrected chi connectivity index (χ2v) is 8.92. The lowest BCUT2D eigenvalue weighted by Gasteiger charge is -2.18. The Hall–Kier alpha value is -0.910. The fraction of sp³-hybridized carbons (Fsp3) is 0.625. The second-order valence-electron chi connectivity index (χ2n) is 7.12. The van der Waals surface area contributed by atoms with E-state index >= 15 is 0 Å². The quantitative estimate of drug-likeness (QED) is 0.813. The molecular weight excluding hydrogens is 284 g/mol. The van der Waals surface area contributed by atoms with Crippen molar-refractivity contribution in [2.45, 2.75) is 52.0 Å². The molecule has 0 amide bonds. The van der Waals surface area contributed by atoms with Crippen LogP contribution in [-0.2, 0) is 22.3 Å². The Labute approximate surface area is 128 Å². The van der Waals surface area contributed by atoms with E-state index in [1.54, 1.807) is 0 Å². The number of sulfonamides is 1. The summed E-state index contributed by atoms with van der Waals surface area (Å²) in [6.45, 7) is 7.31. The van der Waals surface area contributed by atoms with Crippen LogP contribution < -0.4 is 10.0 Å². The summed E-state index contributed by atoms with van der Waals surface area (Å²) in [5.74, 6) is 0.0420. The minimum Gasteiger partial charge on any atom is -0.310 e. The normalized spacial score (nSPS) is 16.1. The summed E-state index contributed by atoms with van der Waals surface area (Å²) < 4.78 is 26.9. The van der Waals surface area contributed by atoms with Gasteiger partial charge in [-0.15, -0.1) is 0 Å². The minimum absolute atomic E-state index is 0.0420. The van der Waals surface area contributed by atoms with Crippen LogP contribution in [0.1, 0.15) is 44.7 Å². The summed E-state index contributed by atoms with van der Waals surface area (Å²) in [5, 5.41) is 3.44. The van der Waals surface area contributed by atoms with E-state index < -0.39 is 10.0 Å². The molecule has 21 heavy (non-hydrogen) atoms. The molecule has 0 atom stereocenters. The Morgan fingerprint density at radius 1 is 1.19 bits per heavy atom. The van der Waals surface area contributed by atoms with Crippen LogP contribution in [0, 0.1) is 5.41 Å². The van der Waals surface area contributed by atoms with Crippen molar-refractivity contribution in [2.24, 2.45) is 5.41 Å². The summed E-state index contributed by atoms with van der Waals surface area (Å²) in [4.78, 5) is 0. The molecule has 0 aliphatic heterocycles. The van der Waals surface area contributed by atoms with E-state index in [2.05, 4.69) is 10.0 Å². The zero-order chi connectivity index (χ0) is 15.5. The second kappa shape index (κ2) is 6.46. The average Bonchev–Trinajstić information content (AvgIpc) is 3.17. The molecule has 0 spiro atoms. The van der Waals surface area contributed by atoms with Crippen LogP contribution in [0.4, 0.5) is 0 Å². The van der Waals surface area contributed by atoms with E-state index in [0.717, 1.165) is 17.7 Å². The largest absolute Gasteiger partial charge is 0.310 e. The summed E-state index contributed by atoms with van der Waals surface area (Å²) in [7, 11) is -3.27. The number of rotatable bonds is 7. The monoisotopic (exact) mass is 310 g/mol. The molecule has 0 unspecified atom stereocenters. The fourth-order valence-corrected chi connectivity index (χ4v) is 3.35. The third kappa shape index (κ3) is 6.59. The molecule has 0 bridgehead atoms. The summed E-state index contributed by atoms with van der Waals surface area (Å²) in [6.07, 6.45) is 2.51. The Kier molecular flexibility index (Phi) is 5.07. The van der Waals surface area contributed by atoms with Crippen molar-refractivity contribution in [1.29, 1.82) is 0 Å². The highest BCUT2D eigenvalue weighted by Gasteiger charge is 2.20. The van der Waals surface area contributed by atoms with Crippen molar-refractivity contribution in [1.82, 2.24) is 10.0 Å². The van der Waals surface area contributed by atoms with Gasteiger partial charge in [0.25, 0.3) is 0 Å². The summed E-state index contributed by atoms with van der Waals surface area (Å²) >= 11 is 0. The van der Waals surface area contributed by atoms with E-state index in [0.29, 0.717) is 12.6 Å². The Morgan fingerprint density at radius 2 is 1.86 bits per heavy atom. The Morgan fingerprint density at radius 3 is 2.48 bits per heavy atom. The van der Waals surface area contributed by atoms with Crippen molar-refractivity contribution in [3.63, 3.8) is 0 Å². The van der Waals surface area contributed by atoms with Crippen molar-refractivity contribution in [3.8, 4) is 0 Å². The molecule has 0 heterocycles. The maximum absolute atomic E-state index is 12.1. The molecule has 1 aromatic rings. The van der Waals surface area contributed by atoms with E-state index in [1.807, 2.05) is 45.0 Å². The van der Waals surface area contributed by atoms with Crippen LogP contribution in [-0.4, -0.2) is 21.0 Å². The highest BCUT2D eigenvalue weighted by atomic mass is 32.2. The van der Waals surface area contributed by atoms with Gasteiger partial charge in [0.2, 0.25) is 10.0 Å². The molecule has 118 valence electrons. The summed E-state index contributed by atoms with van der Waals surface area (Å²) in [5.41, 5.74) is 1.93. The minimum atomic E-state index is -3.27. The third-order valence-corrected chi connectivity index (χ3v) is 4.64. The number of nitrogens with one attached hydrogen (secondary N) is 2. The van der Waals surface area contributed by atoms with E-state index in [-0.39, 0.29) is 11.2 Å². The molecule has 1 aliphatic carbocycles. The molecule has 1 fully saturated rings. The highest BCUT2D eigenvalue weighted by Crippen LogP contribution is 2.19. The molecule has 5 heteroatoms. The Bertz CT molecular complexity index is 572. The van der Waals surface area contributed by atoms with Crippen LogP contribution in [0.15, 0.2) is 24.3 Å². The molecule has 1 saturated carbocycles. The molecule has 4 nitrogen and oxygen atoms in total. The van der Waals surface area contributed by atoms with Crippen LogP contribution in [0.3, 0.4) is 0 Å². The smallest absolute Gasteiger partial charge is 0.215 e. The lowest BCUT2D eigenvalue weighted by molar-refractivity contribution is 0.407. The zero-order valence-corrected chi connectivity index (χ0v) is 14.0. The molecule has 1 aliphatic rings. The van der Waals surface area contributed by atoms with Gasteiger partial charge in [0.1, 0.15) is 0 Å². The van der Waals surface area contributed by atoms with Gasteiger partial charge in [0.05, 0.1) is 5.75 Å². The van der Waals surface area contributed by atoms with Gasteiger partial charge in [-0.1, -0.05) is 45.0 Å². The number of hydrogen-bond donors (Lipinski definition) is 2. The number of benzene rings is 1. The van der Waals surface area contributed by atoms with Gasteiger partial charge in [-0.3, -0.25) is 0 Å². The Balaban J connectivity index is 1.92. The topological polar surface area (TPSA) is 58.2 Å². The van der Waals surface area contributed by atoms with Gasteiger partial charge >= 0.3 is 0 Å². The molecule has 2 N–H and O–H groups in total. The first-order chi connectivity index (χ1) is 9.73. The molecule has 0 saturated heterocycles. The average molecular weight is 310 g/mol. The van der Waals surface area contributed by atoms with Gasteiger partial charge in [-0.25, -0.2) is 13.1 Å². The molecule has 2 rings (SSSR count). The van der Waals surface area contributed by atoms with E-state index in [4.69, 9.17) is 0 Å². The maximum Gasteiger partial charge on any atom is 0.215 e. The molecule has 1 aromatic carbocycles. The summed E-state index contributed by atoms with van der Waals surface area (Å²) in [6, 6.07) is 8.47. The van der Waals surface area contributed by atoms with Gasteiger partial charge in [0.15, 0.2) is 0 Å². The fourth-order valence-electron chi connectivity index (χ4n) is 1.98. The van der Waals surface area contributed by atoms with E-state index in [1.165, 1.54) is 12.8 Å². The first-order valence-corrected chi connectivity index (χ1v) is 9.17. The lowest BCUT2D eigenvalue weighted by atomic mass is 9.98.